The Hall–Kier alpha value is -2.88. The second kappa shape index (κ2) is 10.5. The van der Waals surface area contributed by atoms with Crippen molar-refractivity contribution in [3.05, 3.63) is 46.5 Å². The third-order valence-corrected chi connectivity index (χ3v) is 7.41. The highest BCUT2D eigenvalue weighted by Gasteiger charge is 2.38. The minimum absolute atomic E-state index is 0.0781. The van der Waals surface area contributed by atoms with Crippen LogP contribution in [0.4, 0.5) is 0 Å². The van der Waals surface area contributed by atoms with Gasteiger partial charge in [-0.3, -0.25) is 4.99 Å². The molecule has 1 aliphatic rings. The van der Waals surface area contributed by atoms with Crippen LogP contribution in [0.15, 0.2) is 29.4 Å². The minimum Gasteiger partial charge on any atom is -0.486 e. The number of pyridine rings is 1. The van der Waals surface area contributed by atoms with Gasteiger partial charge in [0, 0.05) is 31.4 Å². The third kappa shape index (κ3) is 5.12. The summed E-state index contributed by atoms with van der Waals surface area (Å²) in [6.45, 7) is 10.5. The Morgan fingerprint density at radius 3 is 2.68 bits per heavy atom. The molecule has 1 atom stereocenters. The summed E-state index contributed by atoms with van der Waals surface area (Å²) in [6, 6.07) is 5.57. The number of methoxy groups -OCH3 is 1. The van der Waals surface area contributed by atoms with Gasteiger partial charge in [-0.15, -0.1) is 0 Å². The first kappa shape index (κ1) is 27.2. The van der Waals surface area contributed by atoms with Crippen molar-refractivity contribution in [3.63, 3.8) is 0 Å². The molecule has 10 heteroatoms. The van der Waals surface area contributed by atoms with E-state index in [2.05, 4.69) is 21.9 Å². The van der Waals surface area contributed by atoms with Crippen molar-refractivity contribution in [3.8, 4) is 11.6 Å². The summed E-state index contributed by atoms with van der Waals surface area (Å²) in [5, 5.41) is 13.4. The van der Waals surface area contributed by atoms with Crippen LogP contribution in [0.1, 0.15) is 37.9 Å². The summed E-state index contributed by atoms with van der Waals surface area (Å²) in [7, 11) is 5.35. The van der Waals surface area contributed by atoms with Gasteiger partial charge in [0.05, 0.1) is 61.7 Å². The monoisotopic (exact) mass is 529 g/mol. The quantitative estimate of drug-likeness (QED) is 0.331. The van der Waals surface area contributed by atoms with Crippen LogP contribution < -0.4 is 9.47 Å². The van der Waals surface area contributed by atoms with Gasteiger partial charge in [-0.2, -0.15) is 0 Å². The Labute approximate surface area is 223 Å². The molecule has 1 fully saturated rings. The number of amidine groups is 1. The van der Waals surface area contributed by atoms with Gasteiger partial charge in [-0.05, 0) is 38.5 Å². The van der Waals surface area contributed by atoms with Crippen LogP contribution in [0.25, 0.3) is 10.9 Å². The van der Waals surface area contributed by atoms with Gasteiger partial charge < -0.3 is 28.8 Å². The SMILES string of the molecule is CCN=C(C)N(C)C[C@](O)(c1ccc2nc(OC)c(OCC3(C)COC3)c(Cl)c2c1)c1cnc(C)n1C. The molecule has 200 valence electrons. The second-order valence-corrected chi connectivity index (χ2v) is 10.5. The fourth-order valence-electron chi connectivity index (χ4n) is 4.50. The molecule has 0 aliphatic carbocycles. The average molecular weight is 530 g/mol. The molecule has 0 unspecified atom stereocenters. The van der Waals surface area contributed by atoms with Crippen molar-refractivity contribution in [2.45, 2.75) is 33.3 Å². The Morgan fingerprint density at radius 1 is 1.38 bits per heavy atom. The fourth-order valence-corrected chi connectivity index (χ4v) is 4.79. The summed E-state index contributed by atoms with van der Waals surface area (Å²) < 4.78 is 18.9. The Balaban J connectivity index is 1.82. The van der Waals surface area contributed by atoms with Crippen molar-refractivity contribution in [1.82, 2.24) is 19.4 Å². The molecule has 0 bridgehead atoms. The summed E-state index contributed by atoms with van der Waals surface area (Å²) in [6.07, 6.45) is 1.71. The van der Waals surface area contributed by atoms with Crippen molar-refractivity contribution in [2.24, 2.45) is 17.5 Å². The number of aryl methyl sites for hydroxylation is 1. The topological polar surface area (TPSA) is 94.2 Å². The van der Waals surface area contributed by atoms with Crippen molar-refractivity contribution in [2.75, 3.05) is 47.1 Å². The number of fused-ring (bicyclic) bond motifs is 1. The molecule has 37 heavy (non-hydrogen) atoms. The fraction of sp³-hybridized carbons (Fsp3) is 0.519. The van der Waals surface area contributed by atoms with Crippen LogP contribution in [0.3, 0.4) is 0 Å². The molecule has 2 aromatic heterocycles. The molecule has 1 aromatic carbocycles. The van der Waals surface area contributed by atoms with Crippen molar-refractivity contribution < 1.29 is 19.3 Å². The predicted octanol–water partition coefficient (Wildman–Crippen LogP) is 3.96. The smallest absolute Gasteiger partial charge is 0.258 e. The number of rotatable bonds is 9. The van der Waals surface area contributed by atoms with Crippen molar-refractivity contribution in [1.29, 1.82) is 0 Å². The van der Waals surface area contributed by atoms with Gasteiger partial charge in [-0.1, -0.05) is 24.6 Å². The molecule has 1 saturated heterocycles. The Kier molecular flexibility index (Phi) is 7.69. The highest BCUT2D eigenvalue weighted by molar-refractivity contribution is 6.37. The Bertz CT molecular complexity index is 1320. The molecular formula is C27H36ClN5O4. The summed E-state index contributed by atoms with van der Waals surface area (Å²) in [5.74, 6) is 2.32. The highest BCUT2D eigenvalue weighted by Crippen LogP contribution is 2.42. The zero-order chi connectivity index (χ0) is 27.0. The van der Waals surface area contributed by atoms with E-state index in [0.717, 1.165) is 11.7 Å². The van der Waals surface area contributed by atoms with E-state index in [9.17, 15) is 5.11 Å². The number of nitrogens with zero attached hydrogens (tertiary/aromatic N) is 5. The van der Waals surface area contributed by atoms with Gasteiger partial charge in [0.1, 0.15) is 11.4 Å². The molecule has 0 spiro atoms. The summed E-state index contributed by atoms with van der Waals surface area (Å²) in [5.41, 5.74) is 0.457. The normalized spacial score (nSPS) is 16.8. The number of benzene rings is 1. The maximum atomic E-state index is 12.3. The number of hydrogen-bond acceptors (Lipinski definition) is 7. The van der Waals surface area contributed by atoms with Gasteiger partial charge in [0.25, 0.3) is 5.88 Å². The Morgan fingerprint density at radius 2 is 2.11 bits per heavy atom. The van der Waals surface area contributed by atoms with Crippen LogP contribution in [0, 0.1) is 12.3 Å². The van der Waals surface area contributed by atoms with Crippen LogP contribution in [-0.4, -0.2) is 77.4 Å². The molecule has 1 aliphatic heterocycles. The maximum Gasteiger partial charge on any atom is 0.258 e. The van der Waals surface area contributed by atoms with E-state index in [4.69, 9.17) is 25.8 Å². The van der Waals surface area contributed by atoms with Gasteiger partial charge in [0.2, 0.25) is 5.75 Å². The lowest BCUT2D eigenvalue weighted by molar-refractivity contribution is -0.120. The lowest BCUT2D eigenvalue weighted by Crippen LogP contribution is -2.44. The largest absolute Gasteiger partial charge is 0.486 e. The molecule has 1 N–H and O–H groups in total. The lowest BCUT2D eigenvalue weighted by Gasteiger charge is -2.37. The number of likely N-dealkylation sites (N-methyl/N-ethyl adjacent to an activating group) is 1. The number of ether oxygens (including phenoxy) is 3. The van der Waals surface area contributed by atoms with E-state index < -0.39 is 5.60 Å². The predicted molar refractivity (Wildman–Crippen MR) is 145 cm³/mol. The molecule has 3 heterocycles. The maximum absolute atomic E-state index is 12.3. The molecule has 3 aromatic rings. The molecule has 0 amide bonds. The van der Waals surface area contributed by atoms with E-state index in [1.165, 1.54) is 0 Å². The molecular weight excluding hydrogens is 494 g/mol. The molecule has 0 saturated carbocycles. The van der Waals surface area contributed by atoms with E-state index in [1.807, 2.05) is 62.5 Å². The van der Waals surface area contributed by atoms with Gasteiger partial charge >= 0.3 is 0 Å². The zero-order valence-corrected chi connectivity index (χ0v) is 23.4. The number of aliphatic hydroxyl groups is 1. The molecule has 0 radical (unpaired) electrons. The van der Waals surface area contributed by atoms with Gasteiger partial charge in [-0.25, -0.2) is 9.97 Å². The van der Waals surface area contributed by atoms with E-state index in [0.29, 0.717) is 65.2 Å². The molecule has 9 nitrogen and oxygen atoms in total. The number of imidazole rings is 1. The minimum atomic E-state index is -1.41. The van der Waals surface area contributed by atoms with E-state index in [-0.39, 0.29) is 12.0 Å². The van der Waals surface area contributed by atoms with E-state index in [1.54, 1.807) is 13.3 Å². The van der Waals surface area contributed by atoms with Crippen molar-refractivity contribution >= 4 is 28.3 Å². The third-order valence-electron chi connectivity index (χ3n) is 7.04. The first-order valence-electron chi connectivity index (χ1n) is 12.3. The number of aliphatic imine (C=N–C) groups is 1. The van der Waals surface area contributed by atoms with Crippen LogP contribution in [-0.2, 0) is 17.4 Å². The van der Waals surface area contributed by atoms with Gasteiger partial charge in [0.15, 0.2) is 0 Å². The lowest BCUT2D eigenvalue weighted by atomic mass is 9.88. The standard InChI is InChI=1S/C27H36ClN5O4/c1-8-29-17(2)32(5)13-27(34,22-12-30-18(3)33(22)6)19-9-10-21-20(11-19)23(28)24(25(31-21)35-7)37-16-26(4)14-36-15-26/h9-12,34H,8,13-16H2,1-7H3/t27-/m0/s1. The van der Waals surface area contributed by atoms with Crippen LogP contribution in [0.2, 0.25) is 5.02 Å². The first-order chi connectivity index (χ1) is 17.5. The number of hydrogen-bond donors (Lipinski definition) is 1. The average Bonchev–Trinajstić information content (AvgIpc) is 3.20. The number of halogens is 1. The first-order valence-corrected chi connectivity index (χ1v) is 12.7. The summed E-state index contributed by atoms with van der Waals surface area (Å²) >= 11 is 6.91. The highest BCUT2D eigenvalue weighted by atomic mass is 35.5. The number of aromatic nitrogens is 3. The summed E-state index contributed by atoms with van der Waals surface area (Å²) in [4.78, 5) is 15.5. The van der Waals surface area contributed by atoms with Crippen LogP contribution >= 0.6 is 11.6 Å². The zero-order valence-electron chi connectivity index (χ0n) is 22.6. The van der Waals surface area contributed by atoms with E-state index >= 15 is 0 Å². The second-order valence-electron chi connectivity index (χ2n) is 10.1. The van der Waals surface area contributed by atoms with Crippen LogP contribution in [0.5, 0.6) is 11.6 Å². The molecule has 4 rings (SSSR count).